The summed E-state index contributed by atoms with van der Waals surface area (Å²) < 4.78 is 28.6. The number of fused-ring (bicyclic) bond motifs is 1. The Morgan fingerprint density at radius 1 is 1.00 bits per heavy atom. The number of para-hydroxylation sites is 1. The third-order valence-corrected chi connectivity index (χ3v) is 7.78. The van der Waals surface area contributed by atoms with Gasteiger partial charge in [-0.15, -0.1) is 0 Å². The highest BCUT2D eigenvalue weighted by Crippen LogP contribution is 2.30. The number of aromatic nitrogens is 1. The molecule has 1 aliphatic carbocycles. The number of sulfonamides is 1. The molecule has 2 N–H and O–H groups in total. The number of nitrogens with one attached hydrogen (secondary N) is 2. The number of nitrogens with zero attached hydrogens (tertiary/aromatic N) is 1. The van der Waals surface area contributed by atoms with Gasteiger partial charge in [0.2, 0.25) is 15.9 Å². The molecule has 0 spiro atoms. The SMILES string of the molecule is CC(NC(=O)C1CCC(CNS(=O)(=O)c2cccc3cccnc23)CC1)c1ccccc1. The number of amides is 1. The van der Waals surface area contributed by atoms with Crippen LogP contribution < -0.4 is 10.0 Å². The first-order valence-electron chi connectivity index (χ1n) is 11.1. The lowest BCUT2D eigenvalue weighted by molar-refractivity contribution is -0.126. The number of hydrogen-bond donors (Lipinski definition) is 2. The van der Waals surface area contributed by atoms with Crippen LogP contribution in [-0.4, -0.2) is 25.9 Å². The van der Waals surface area contributed by atoms with Crippen molar-refractivity contribution < 1.29 is 13.2 Å². The Morgan fingerprint density at radius 3 is 2.47 bits per heavy atom. The van der Waals surface area contributed by atoms with Gasteiger partial charge in [-0.2, -0.15) is 0 Å². The Labute approximate surface area is 189 Å². The molecule has 1 fully saturated rings. The van der Waals surface area contributed by atoms with Gasteiger partial charge >= 0.3 is 0 Å². The summed E-state index contributed by atoms with van der Waals surface area (Å²) in [5.74, 6) is 0.293. The fourth-order valence-corrected chi connectivity index (χ4v) is 5.68. The first-order chi connectivity index (χ1) is 15.4. The van der Waals surface area contributed by atoms with Gasteiger partial charge in [-0.05, 0) is 56.2 Å². The molecule has 2 aromatic carbocycles. The topological polar surface area (TPSA) is 88.2 Å². The third kappa shape index (κ3) is 5.16. The van der Waals surface area contributed by atoms with Crippen LogP contribution in [0.3, 0.4) is 0 Å². The molecule has 0 aliphatic heterocycles. The average molecular weight is 452 g/mol. The van der Waals surface area contributed by atoms with Gasteiger partial charge in [0.05, 0.1) is 11.6 Å². The quantitative estimate of drug-likeness (QED) is 0.564. The van der Waals surface area contributed by atoms with Gasteiger partial charge in [-0.1, -0.05) is 48.5 Å². The van der Waals surface area contributed by atoms with Gasteiger partial charge in [0, 0.05) is 24.0 Å². The standard InChI is InChI=1S/C25H29N3O3S/c1-18(20-7-3-2-4-8-20)28-25(29)22-14-12-19(13-15-22)17-27-32(30,31)23-11-5-9-21-10-6-16-26-24(21)23/h2-11,16,18-19,22,27H,12-15,17H2,1H3,(H,28,29). The molecule has 1 aromatic heterocycles. The Morgan fingerprint density at radius 2 is 1.72 bits per heavy atom. The van der Waals surface area contributed by atoms with Crippen molar-refractivity contribution in [3.63, 3.8) is 0 Å². The second kappa shape index (κ2) is 9.79. The van der Waals surface area contributed by atoms with E-state index in [4.69, 9.17) is 0 Å². The monoisotopic (exact) mass is 451 g/mol. The van der Waals surface area contributed by atoms with Crippen LogP contribution in [0.1, 0.15) is 44.2 Å². The molecule has 168 valence electrons. The van der Waals surface area contributed by atoms with E-state index in [0.29, 0.717) is 12.1 Å². The molecule has 7 heteroatoms. The van der Waals surface area contributed by atoms with Gasteiger partial charge in [0.1, 0.15) is 4.90 Å². The highest BCUT2D eigenvalue weighted by atomic mass is 32.2. The van der Waals surface area contributed by atoms with E-state index < -0.39 is 10.0 Å². The highest BCUT2D eigenvalue weighted by Gasteiger charge is 2.28. The van der Waals surface area contributed by atoms with Crippen molar-refractivity contribution in [2.75, 3.05) is 6.54 Å². The lowest BCUT2D eigenvalue weighted by Gasteiger charge is -2.29. The minimum Gasteiger partial charge on any atom is -0.349 e. The number of carbonyl (C=O) groups excluding carboxylic acids is 1. The normalized spacial score (nSPS) is 20.0. The van der Waals surface area contributed by atoms with E-state index in [9.17, 15) is 13.2 Å². The fourth-order valence-electron chi connectivity index (χ4n) is 4.38. The molecular formula is C25H29N3O3S. The molecular weight excluding hydrogens is 422 g/mol. The van der Waals surface area contributed by atoms with Crippen molar-refractivity contribution in [2.24, 2.45) is 11.8 Å². The zero-order valence-electron chi connectivity index (χ0n) is 18.2. The fraction of sp³-hybridized carbons (Fsp3) is 0.360. The summed E-state index contributed by atoms with van der Waals surface area (Å²) >= 11 is 0. The summed E-state index contributed by atoms with van der Waals surface area (Å²) in [5.41, 5.74) is 1.57. The molecule has 3 aromatic rings. The van der Waals surface area contributed by atoms with Crippen molar-refractivity contribution >= 4 is 26.8 Å². The molecule has 32 heavy (non-hydrogen) atoms. The van der Waals surface area contributed by atoms with E-state index in [1.54, 1.807) is 24.4 Å². The molecule has 0 bridgehead atoms. The molecule has 6 nitrogen and oxygen atoms in total. The van der Waals surface area contributed by atoms with Crippen molar-refractivity contribution in [2.45, 2.75) is 43.5 Å². The van der Waals surface area contributed by atoms with Crippen LogP contribution in [-0.2, 0) is 14.8 Å². The predicted molar refractivity (Wildman–Crippen MR) is 125 cm³/mol. The van der Waals surface area contributed by atoms with Gasteiger partial charge in [-0.25, -0.2) is 13.1 Å². The molecule has 1 amide bonds. The second-order valence-corrected chi connectivity index (χ2v) is 10.3. The maximum atomic E-state index is 12.9. The average Bonchev–Trinajstić information content (AvgIpc) is 2.83. The summed E-state index contributed by atoms with van der Waals surface area (Å²) in [5, 5.41) is 3.92. The van der Waals surface area contributed by atoms with Crippen LogP contribution in [0.4, 0.5) is 0 Å². The summed E-state index contributed by atoms with van der Waals surface area (Å²) in [6, 6.07) is 18.7. The molecule has 1 atom stereocenters. The van der Waals surface area contributed by atoms with E-state index in [1.807, 2.05) is 49.4 Å². The lowest BCUT2D eigenvalue weighted by Crippen LogP contribution is -2.37. The Kier molecular flexibility index (Phi) is 6.86. The number of benzene rings is 2. The molecule has 1 unspecified atom stereocenters. The zero-order chi connectivity index (χ0) is 22.6. The molecule has 0 saturated heterocycles. The van der Waals surface area contributed by atoms with E-state index in [0.717, 1.165) is 36.6 Å². The van der Waals surface area contributed by atoms with Crippen LogP contribution in [0, 0.1) is 11.8 Å². The van der Waals surface area contributed by atoms with Gasteiger partial charge in [0.25, 0.3) is 0 Å². The minimum absolute atomic E-state index is 0.0173. The molecule has 1 heterocycles. The summed E-state index contributed by atoms with van der Waals surface area (Å²) in [7, 11) is -3.65. The van der Waals surface area contributed by atoms with Crippen LogP contribution >= 0.6 is 0 Å². The number of hydrogen-bond acceptors (Lipinski definition) is 4. The number of carbonyl (C=O) groups is 1. The van der Waals surface area contributed by atoms with Crippen molar-refractivity contribution in [3.8, 4) is 0 Å². The molecule has 1 saturated carbocycles. The molecule has 0 radical (unpaired) electrons. The second-order valence-electron chi connectivity index (χ2n) is 8.54. The first kappa shape index (κ1) is 22.4. The van der Waals surface area contributed by atoms with Crippen LogP contribution in [0.5, 0.6) is 0 Å². The zero-order valence-corrected chi connectivity index (χ0v) is 19.0. The van der Waals surface area contributed by atoms with E-state index in [2.05, 4.69) is 15.0 Å². The first-order valence-corrected chi connectivity index (χ1v) is 12.6. The number of rotatable bonds is 7. The minimum atomic E-state index is -3.65. The molecule has 1 aliphatic rings. The largest absolute Gasteiger partial charge is 0.349 e. The summed E-state index contributed by atoms with van der Waals surface area (Å²) in [4.78, 5) is 17.1. The van der Waals surface area contributed by atoms with Gasteiger partial charge < -0.3 is 5.32 Å². The maximum absolute atomic E-state index is 12.9. The van der Waals surface area contributed by atoms with E-state index in [-0.39, 0.29) is 28.7 Å². The van der Waals surface area contributed by atoms with Crippen molar-refractivity contribution in [1.82, 2.24) is 15.0 Å². The number of pyridine rings is 1. The summed E-state index contributed by atoms with van der Waals surface area (Å²) in [6.45, 7) is 2.37. The lowest BCUT2D eigenvalue weighted by atomic mass is 9.81. The van der Waals surface area contributed by atoms with Crippen LogP contribution in [0.25, 0.3) is 10.9 Å². The predicted octanol–water partition coefficient (Wildman–Crippen LogP) is 4.20. The Hall–Kier alpha value is -2.77. The van der Waals surface area contributed by atoms with Crippen LogP contribution in [0.15, 0.2) is 71.8 Å². The van der Waals surface area contributed by atoms with Crippen molar-refractivity contribution in [1.29, 1.82) is 0 Å². The Balaban J connectivity index is 1.30. The van der Waals surface area contributed by atoms with E-state index >= 15 is 0 Å². The van der Waals surface area contributed by atoms with E-state index in [1.165, 1.54) is 0 Å². The smallest absolute Gasteiger partial charge is 0.242 e. The third-order valence-electron chi connectivity index (χ3n) is 6.32. The maximum Gasteiger partial charge on any atom is 0.242 e. The van der Waals surface area contributed by atoms with Crippen LogP contribution in [0.2, 0.25) is 0 Å². The van der Waals surface area contributed by atoms with Gasteiger partial charge in [-0.3, -0.25) is 9.78 Å². The Bertz CT molecular complexity index is 1170. The highest BCUT2D eigenvalue weighted by molar-refractivity contribution is 7.89. The summed E-state index contributed by atoms with van der Waals surface area (Å²) in [6.07, 6.45) is 4.81. The van der Waals surface area contributed by atoms with Gasteiger partial charge in [0.15, 0.2) is 0 Å². The van der Waals surface area contributed by atoms with Crippen molar-refractivity contribution in [3.05, 3.63) is 72.4 Å². The molecule has 4 rings (SSSR count).